The van der Waals surface area contributed by atoms with Crippen LogP contribution in [0.25, 0.3) is 33.4 Å². The third-order valence-electron chi connectivity index (χ3n) is 3.86. The molecule has 2 heterocycles. The molecule has 0 aliphatic carbocycles. The Morgan fingerprint density at radius 3 is 2.46 bits per heavy atom. The lowest BCUT2D eigenvalue weighted by atomic mass is 10.0. The van der Waals surface area contributed by atoms with Gasteiger partial charge in [0, 0.05) is 35.8 Å². The van der Waals surface area contributed by atoms with Crippen molar-refractivity contribution in [2.75, 3.05) is 0 Å². The highest BCUT2D eigenvalue weighted by atomic mass is 16.3. The summed E-state index contributed by atoms with van der Waals surface area (Å²) in [5.41, 5.74) is 3.81. The number of hydrogen-bond acceptors (Lipinski definition) is 5. The van der Waals surface area contributed by atoms with Crippen molar-refractivity contribution < 1.29 is 10.2 Å². The number of rotatable bonds is 2. The average molecular weight is 318 g/mol. The molecule has 2 aromatic heterocycles. The van der Waals surface area contributed by atoms with Gasteiger partial charge in [0.05, 0.1) is 11.2 Å². The standard InChI is InChI=1S/C18H14N4O2/c1-22-9-13(17(21-22)11-5-3-2-4-6-11)18-12-7-15(23)16(24)8-14(12)19-10-20-18/h2-10,23-24H,1H3. The van der Waals surface area contributed by atoms with Crippen molar-refractivity contribution in [2.24, 2.45) is 7.05 Å². The number of benzene rings is 2. The van der Waals surface area contributed by atoms with Crippen LogP contribution in [-0.2, 0) is 7.05 Å². The lowest BCUT2D eigenvalue weighted by Gasteiger charge is -2.07. The molecule has 0 aliphatic rings. The van der Waals surface area contributed by atoms with Crippen molar-refractivity contribution in [3.63, 3.8) is 0 Å². The predicted molar refractivity (Wildman–Crippen MR) is 90.5 cm³/mol. The number of aromatic nitrogens is 4. The second-order valence-corrected chi connectivity index (χ2v) is 5.51. The van der Waals surface area contributed by atoms with Crippen LogP contribution in [0.15, 0.2) is 55.0 Å². The Bertz CT molecular complexity index is 1040. The molecule has 4 aromatic rings. The zero-order chi connectivity index (χ0) is 16.7. The molecular weight excluding hydrogens is 304 g/mol. The molecule has 6 heteroatoms. The van der Waals surface area contributed by atoms with E-state index < -0.39 is 0 Å². The summed E-state index contributed by atoms with van der Waals surface area (Å²) in [4.78, 5) is 8.56. The normalized spacial score (nSPS) is 11.0. The smallest absolute Gasteiger partial charge is 0.159 e. The van der Waals surface area contributed by atoms with Gasteiger partial charge in [-0.05, 0) is 6.07 Å². The van der Waals surface area contributed by atoms with Gasteiger partial charge in [0.25, 0.3) is 0 Å². The molecule has 6 nitrogen and oxygen atoms in total. The summed E-state index contributed by atoms with van der Waals surface area (Å²) in [7, 11) is 1.85. The zero-order valence-electron chi connectivity index (χ0n) is 12.9. The second-order valence-electron chi connectivity index (χ2n) is 5.51. The van der Waals surface area contributed by atoms with Gasteiger partial charge in [-0.1, -0.05) is 30.3 Å². The SMILES string of the molecule is Cn1cc(-c2ncnc3cc(O)c(O)cc23)c(-c2ccccc2)n1. The van der Waals surface area contributed by atoms with Crippen LogP contribution >= 0.6 is 0 Å². The number of hydrogen-bond donors (Lipinski definition) is 2. The minimum atomic E-state index is -0.207. The quantitative estimate of drug-likeness (QED) is 0.555. The Kier molecular flexibility index (Phi) is 3.16. The molecule has 0 bridgehead atoms. The van der Waals surface area contributed by atoms with Gasteiger partial charge in [-0.15, -0.1) is 0 Å². The van der Waals surface area contributed by atoms with Crippen molar-refractivity contribution in [1.82, 2.24) is 19.7 Å². The highest BCUT2D eigenvalue weighted by Gasteiger charge is 2.17. The number of aryl methyl sites for hydroxylation is 1. The molecule has 4 rings (SSSR count). The minimum absolute atomic E-state index is 0.205. The van der Waals surface area contributed by atoms with E-state index in [0.29, 0.717) is 16.6 Å². The van der Waals surface area contributed by atoms with Gasteiger partial charge >= 0.3 is 0 Å². The summed E-state index contributed by atoms with van der Waals surface area (Å²) in [6.45, 7) is 0. The molecule has 2 aromatic carbocycles. The first-order valence-electron chi connectivity index (χ1n) is 7.39. The third-order valence-corrected chi connectivity index (χ3v) is 3.86. The largest absolute Gasteiger partial charge is 0.504 e. The average Bonchev–Trinajstić information content (AvgIpc) is 2.98. The molecule has 0 radical (unpaired) electrons. The molecule has 2 N–H and O–H groups in total. The molecule has 0 unspecified atom stereocenters. The molecule has 0 saturated heterocycles. The number of nitrogens with zero attached hydrogens (tertiary/aromatic N) is 4. The zero-order valence-corrected chi connectivity index (χ0v) is 12.9. The maximum Gasteiger partial charge on any atom is 0.159 e. The molecule has 0 saturated carbocycles. The van der Waals surface area contributed by atoms with E-state index in [-0.39, 0.29) is 11.5 Å². The molecule has 0 amide bonds. The van der Waals surface area contributed by atoms with Gasteiger partial charge in [-0.3, -0.25) is 4.68 Å². The fourth-order valence-electron chi connectivity index (χ4n) is 2.77. The Hall–Kier alpha value is -3.41. The topological polar surface area (TPSA) is 84.1 Å². The molecule has 24 heavy (non-hydrogen) atoms. The Balaban J connectivity index is 2.01. The van der Waals surface area contributed by atoms with E-state index in [0.717, 1.165) is 16.8 Å². The van der Waals surface area contributed by atoms with Crippen LogP contribution in [0.3, 0.4) is 0 Å². The van der Waals surface area contributed by atoms with Crippen LogP contribution < -0.4 is 0 Å². The van der Waals surface area contributed by atoms with Crippen LogP contribution in [0.5, 0.6) is 11.5 Å². The van der Waals surface area contributed by atoms with Crippen molar-refractivity contribution in [3.05, 3.63) is 55.0 Å². The first-order chi connectivity index (χ1) is 11.6. The predicted octanol–water partition coefficient (Wildman–Crippen LogP) is 3.11. The fourth-order valence-corrected chi connectivity index (χ4v) is 2.77. The van der Waals surface area contributed by atoms with Crippen LogP contribution in [-0.4, -0.2) is 30.0 Å². The number of aromatic hydroxyl groups is 2. The highest BCUT2D eigenvalue weighted by molar-refractivity contribution is 5.97. The van der Waals surface area contributed by atoms with Crippen LogP contribution in [0.4, 0.5) is 0 Å². The van der Waals surface area contributed by atoms with Crippen LogP contribution in [0.1, 0.15) is 0 Å². The molecule has 118 valence electrons. The summed E-state index contributed by atoms with van der Waals surface area (Å²) >= 11 is 0. The summed E-state index contributed by atoms with van der Waals surface area (Å²) < 4.78 is 1.73. The monoisotopic (exact) mass is 318 g/mol. The van der Waals surface area contributed by atoms with Crippen molar-refractivity contribution >= 4 is 10.9 Å². The van der Waals surface area contributed by atoms with E-state index in [9.17, 15) is 10.2 Å². The number of phenolic OH excluding ortho intramolecular Hbond substituents is 2. The minimum Gasteiger partial charge on any atom is -0.504 e. The highest BCUT2D eigenvalue weighted by Crippen LogP contribution is 2.36. The van der Waals surface area contributed by atoms with Gasteiger partial charge < -0.3 is 10.2 Å². The van der Waals surface area contributed by atoms with Gasteiger partial charge in [0.2, 0.25) is 0 Å². The summed E-state index contributed by atoms with van der Waals surface area (Å²) in [5, 5.41) is 24.7. The molecule has 0 aliphatic heterocycles. The van der Waals surface area contributed by atoms with Gasteiger partial charge in [0.15, 0.2) is 11.5 Å². The van der Waals surface area contributed by atoms with Crippen LogP contribution in [0, 0.1) is 0 Å². The lowest BCUT2D eigenvalue weighted by molar-refractivity contribution is 0.405. The van der Waals surface area contributed by atoms with Crippen molar-refractivity contribution in [3.8, 4) is 34.0 Å². The summed E-state index contributed by atoms with van der Waals surface area (Å²) in [5.74, 6) is -0.412. The van der Waals surface area contributed by atoms with Gasteiger partial charge in [0.1, 0.15) is 12.0 Å². The maximum absolute atomic E-state index is 9.85. The summed E-state index contributed by atoms with van der Waals surface area (Å²) in [6, 6.07) is 12.7. The fraction of sp³-hybridized carbons (Fsp3) is 0.0556. The van der Waals surface area contributed by atoms with Gasteiger partial charge in [-0.25, -0.2) is 9.97 Å². The Labute approximate surface area is 137 Å². The Morgan fingerprint density at radius 1 is 0.917 bits per heavy atom. The first kappa shape index (κ1) is 14.2. The van der Waals surface area contributed by atoms with Crippen LogP contribution in [0.2, 0.25) is 0 Å². The van der Waals surface area contributed by atoms with E-state index in [2.05, 4.69) is 15.1 Å². The van der Waals surface area contributed by atoms with E-state index in [1.807, 2.05) is 43.6 Å². The molecular formula is C18H14N4O2. The van der Waals surface area contributed by atoms with E-state index in [1.54, 1.807) is 4.68 Å². The van der Waals surface area contributed by atoms with Crippen molar-refractivity contribution in [1.29, 1.82) is 0 Å². The third kappa shape index (κ3) is 2.25. The molecule has 0 fully saturated rings. The Morgan fingerprint density at radius 2 is 1.67 bits per heavy atom. The number of phenols is 2. The van der Waals surface area contributed by atoms with E-state index in [4.69, 9.17) is 0 Å². The summed E-state index contributed by atoms with van der Waals surface area (Å²) in [6.07, 6.45) is 3.32. The van der Waals surface area contributed by atoms with Gasteiger partial charge in [-0.2, -0.15) is 5.10 Å². The molecule has 0 spiro atoms. The molecule has 0 atom stereocenters. The first-order valence-corrected chi connectivity index (χ1v) is 7.39. The maximum atomic E-state index is 9.85. The van der Waals surface area contributed by atoms with Crippen molar-refractivity contribution in [2.45, 2.75) is 0 Å². The van der Waals surface area contributed by atoms with E-state index >= 15 is 0 Å². The second kappa shape index (κ2) is 5.34. The van der Waals surface area contributed by atoms with E-state index in [1.165, 1.54) is 18.5 Å². The lowest BCUT2D eigenvalue weighted by Crippen LogP contribution is -1.90. The number of fused-ring (bicyclic) bond motifs is 1.